The third-order valence-electron chi connectivity index (χ3n) is 3.45. The maximum absolute atomic E-state index is 6.88. The molecule has 3 nitrogen and oxygen atoms in total. The number of hydrogen-bond acceptors (Lipinski definition) is 2. The molecule has 0 saturated carbocycles. The summed E-state index contributed by atoms with van der Waals surface area (Å²) in [7, 11) is 0. The molecular formula is C17H29N2O+. The summed E-state index contributed by atoms with van der Waals surface area (Å²) >= 11 is 0. The zero-order chi connectivity index (χ0) is 15.3. The minimum Gasteiger partial charge on any atom is -0.443 e. The van der Waals surface area contributed by atoms with Crippen molar-refractivity contribution in [3.8, 4) is 6.26 Å². The van der Waals surface area contributed by atoms with E-state index in [9.17, 15) is 0 Å². The summed E-state index contributed by atoms with van der Waals surface area (Å²) in [6.07, 6.45) is 4.60. The summed E-state index contributed by atoms with van der Waals surface area (Å²) in [5.74, 6) is 0. The summed E-state index contributed by atoms with van der Waals surface area (Å²) in [5.41, 5.74) is 1.49. The number of hydrogen-bond donors (Lipinski definition) is 1. The topological polar surface area (TPSA) is 44.0 Å². The monoisotopic (exact) mass is 277 g/mol. The smallest absolute Gasteiger partial charge is 0.283 e. The van der Waals surface area contributed by atoms with Gasteiger partial charge < -0.3 is 9.59 Å². The van der Waals surface area contributed by atoms with Gasteiger partial charge >= 0.3 is 0 Å². The molecule has 1 aromatic carbocycles. The van der Waals surface area contributed by atoms with E-state index in [0.717, 1.165) is 6.26 Å². The van der Waals surface area contributed by atoms with Crippen LogP contribution in [0.25, 0.3) is 0 Å². The van der Waals surface area contributed by atoms with Gasteiger partial charge in [0, 0.05) is 5.56 Å². The Labute approximate surface area is 124 Å². The van der Waals surface area contributed by atoms with Crippen LogP contribution in [-0.2, 0) is 6.54 Å². The molecule has 0 atom stereocenters. The minimum absolute atomic E-state index is 0.750. The van der Waals surface area contributed by atoms with Crippen molar-refractivity contribution < 1.29 is 9.59 Å². The number of aliphatic hydroxyl groups is 1. The van der Waals surface area contributed by atoms with E-state index in [-0.39, 0.29) is 0 Å². The zero-order valence-electron chi connectivity index (χ0n) is 13.2. The van der Waals surface area contributed by atoms with E-state index in [4.69, 9.17) is 10.4 Å². The van der Waals surface area contributed by atoms with Crippen LogP contribution in [0.15, 0.2) is 30.3 Å². The summed E-state index contributed by atoms with van der Waals surface area (Å²) in [6.45, 7) is 12.1. The van der Waals surface area contributed by atoms with Crippen molar-refractivity contribution in [1.29, 1.82) is 5.26 Å². The molecule has 0 spiro atoms. The van der Waals surface area contributed by atoms with Gasteiger partial charge in [-0.05, 0) is 19.3 Å². The van der Waals surface area contributed by atoms with Gasteiger partial charge in [0.15, 0.2) is 0 Å². The predicted octanol–water partition coefficient (Wildman–Crippen LogP) is 4.07. The first-order valence-electron chi connectivity index (χ1n) is 7.60. The van der Waals surface area contributed by atoms with Gasteiger partial charge in [0.05, 0.1) is 19.6 Å². The Bertz CT molecular complexity index is 353. The van der Waals surface area contributed by atoms with E-state index in [1.807, 2.05) is 0 Å². The van der Waals surface area contributed by atoms with Crippen LogP contribution in [0, 0.1) is 11.5 Å². The lowest BCUT2D eigenvalue weighted by atomic mass is 10.1. The molecule has 20 heavy (non-hydrogen) atoms. The minimum atomic E-state index is 0.750. The van der Waals surface area contributed by atoms with Gasteiger partial charge in [0.1, 0.15) is 6.54 Å². The van der Waals surface area contributed by atoms with Gasteiger partial charge in [-0.3, -0.25) is 0 Å². The number of quaternary nitrogens is 1. The highest BCUT2D eigenvalue weighted by Crippen LogP contribution is 2.17. The predicted molar refractivity (Wildman–Crippen MR) is 83.4 cm³/mol. The molecule has 0 unspecified atom stereocenters. The molecule has 1 aromatic rings. The maximum atomic E-state index is 6.88. The van der Waals surface area contributed by atoms with Crippen LogP contribution in [0.5, 0.6) is 0 Å². The van der Waals surface area contributed by atoms with E-state index < -0.39 is 0 Å². The highest BCUT2D eigenvalue weighted by molar-refractivity contribution is 5.13. The van der Waals surface area contributed by atoms with E-state index in [0.29, 0.717) is 0 Å². The highest BCUT2D eigenvalue weighted by Gasteiger charge is 2.24. The molecule has 0 radical (unpaired) electrons. The van der Waals surface area contributed by atoms with Crippen LogP contribution >= 0.6 is 0 Å². The van der Waals surface area contributed by atoms with Crippen LogP contribution < -0.4 is 0 Å². The van der Waals surface area contributed by atoms with Gasteiger partial charge in [-0.1, -0.05) is 51.1 Å². The second-order valence-corrected chi connectivity index (χ2v) is 5.26. The average molecular weight is 277 g/mol. The van der Waals surface area contributed by atoms with Crippen molar-refractivity contribution in [2.75, 3.05) is 19.6 Å². The molecule has 0 bridgehead atoms. The van der Waals surface area contributed by atoms with Crippen molar-refractivity contribution in [3.05, 3.63) is 35.9 Å². The number of aliphatic hydroxyl groups excluding tert-OH is 1. The maximum Gasteiger partial charge on any atom is 0.283 e. The third kappa shape index (κ3) is 7.16. The molecule has 1 N–H and O–H groups in total. The van der Waals surface area contributed by atoms with Crippen LogP contribution in [-0.4, -0.2) is 29.2 Å². The summed E-state index contributed by atoms with van der Waals surface area (Å²) in [5, 5.41) is 13.8. The number of nitrogens with zero attached hydrogens (tertiary/aromatic N) is 2. The van der Waals surface area contributed by atoms with E-state index in [1.165, 1.54) is 55.5 Å². The first-order chi connectivity index (χ1) is 9.67. The average Bonchev–Trinajstić information content (AvgIpc) is 2.41. The van der Waals surface area contributed by atoms with Crippen molar-refractivity contribution in [2.45, 2.75) is 46.6 Å². The number of rotatable bonds is 8. The molecule has 0 amide bonds. The van der Waals surface area contributed by atoms with Crippen molar-refractivity contribution in [3.63, 3.8) is 0 Å². The Morgan fingerprint density at radius 3 is 1.70 bits per heavy atom. The fourth-order valence-electron chi connectivity index (χ4n) is 2.97. The SMILES string of the molecule is CCC[N+](CCC)(CCC)Cc1ccccc1.N#CO. The Balaban J connectivity index is 0.00000110. The van der Waals surface area contributed by atoms with Crippen LogP contribution in [0.2, 0.25) is 0 Å². The molecule has 0 aliphatic rings. The highest BCUT2D eigenvalue weighted by atomic mass is 16.2. The number of nitriles is 1. The molecular weight excluding hydrogens is 248 g/mol. The van der Waals surface area contributed by atoms with Crippen LogP contribution in [0.1, 0.15) is 45.6 Å². The Hall–Kier alpha value is -1.53. The zero-order valence-corrected chi connectivity index (χ0v) is 13.2. The van der Waals surface area contributed by atoms with Crippen LogP contribution in [0.4, 0.5) is 0 Å². The first-order valence-corrected chi connectivity index (χ1v) is 7.60. The summed E-state index contributed by atoms with van der Waals surface area (Å²) in [6, 6.07) is 11.0. The molecule has 0 heterocycles. The first kappa shape index (κ1) is 18.5. The number of benzene rings is 1. The van der Waals surface area contributed by atoms with Crippen molar-refractivity contribution in [2.24, 2.45) is 0 Å². The molecule has 0 saturated heterocycles. The molecule has 3 heteroatoms. The standard InChI is InChI=1S/C16H28N.CHNO/c1-4-12-17(13-5-2,14-6-3)15-16-10-8-7-9-11-16;2-1-3/h7-11H,4-6,12-15H2,1-3H3;3H/q+1;. The van der Waals surface area contributed by atoms with E-state index >= 15 is 0 Å². The molecule has 1 rings (SSSR count). The van der Waals surface area contributed by atoms with Gasteiger partial charge in [0.25, 0.3) is 6.26 Å². The summed E-state index contributed by atoms with van der Waals surface area (Å²) < 4.78 is 1.27. The Morgan fingerprint density at radius 2 is 1.35 bits per heavy atom. The largest absolute Gasteiger partial charge is 0.443 e. The second-order valence-electron chi connectivity index (χ2n) is 5.26. The van der Waals surface area contributed by atoms with Gasteiger partial charge in [-0.2, -0.15) is 5.26 Å². The fourth-order valence-corrected chi connectivity index (χ4v) is 2.97. The fraction of sp³-hybridized carbons (Fsp3) is 0.588. The van der Waals surface area contributed by atoms with Gasteiger partial charge in [-0.25, -0.2) is 0 Å². The second kappa shape index (κ2) is 11.3. The van der Waals surface area contributed by atoms with E-state index in [1.54, 1.807) is 0 Å². The van der Waals surface area contributed by atoms with E-state index in [2.05, 4.69) is 51.1 Å². The van der Waals surface area contributed by atoms with Gasteiger partial charge in [-0.15, -0.1) is 0 Å². The molecule has 0 fully saturated rings. The molecule has 0 aliphatic heterocycles. The van der Waals surface area contributed by atoms with Gasteiger partial charge in [0.2, 0.25) is 0 Å². The molecule has 0 aliphatic carbocycles. The quantitative estimate of drug-likeness (QED) is 0.575. The molecule has 112 valence electrons. The van der Waals surface area contributed by atoms with Crippen molar-refractivity contribution >= 4 is 0 Å². The lowest BCUT2D eigenvalue weighted by Gasteiger charge is -2.38. The normalized spacial score (nSPS) is 10.3. The lowest BCUT2D eigenvalue weighted by molar-refractivity contribution is -0.941. The van der Waals surface area contributed by atoms with Crippen molar-refractivity contribution in [1.82, 2.24) is 0 Å². The molecule has 0 aromatic heterocycles. The lowest BCUT2D eigenvalue weighted by Crippen LogP contribution is -2.48. The third-order valence-corrected chi connectivity index (χ3v) is 3.45. The van der Waals surface area contributed by atoms with Crippen LogP contribution in [0.3, 0.4) is 0 Å². The Kier molecular flexibility index (Phi) is 10.4. The Morgan fingerprint density at radius 1 is 0.950 bits per heavy atom. The summed E-state index contributed by atoms with van der Waals surface area (Å²) in [4.78, 5) is 0.